The second kappa shape index (κ2) is 8.45. The van der Waals surface area contributed by atoms with Crippen molar-refractivity contribution in [3.05, 3.63) is 35.3 Å². The number of pyridine rings is 1. The Balaban J connectivity index is 1.92. The second-order valence-electron chi connectivity index (χ2n) is 8.37. The molecule has 3 rings (SSSR count). The van der Waals surface area contributed by atoms with E-state index in [1.165, 1.54) is 36.2 Å². The molecule has 12 heteroatoms. The molecule has 1 aliphatic rings. The molecule has 2 heterocycles. The third-order valence-corrected chi connectivity index (χ3v) is 6.50. The zero-order valence-corrected chi connectivity index (χ0v) is 18.7. The van der Waals surface area contributed by atoms with E-state index in [-0.39, 0.29) is 60.1 Å². The van der Waals surface area contributed by atoms with Gasteiger partial charge in [-0.15, -0.1) is 0 Å². The molecule has 0 aromatic carbocycles. The molecule has 7 nitrogen and oxygen atoms in total. The van der Waals surface area contributed by atoms with E-state index in [1.807, 2.05) is 0 Å². The lowest BCUT2D eigenvalue weighted by atomic mass is 9.87. The van der Waals surface area contributed by atoms with Crippen LogP contribution in [0.3, 0.4) is 0 Å². The molecule has 176 valence electrons. The maximum absolute atomic E-state index is 14.1. The lowest BCUT2D eigenvalue weighted by molar-refractivity contribution is -0.0477. The summed E-state index contributed by atoms with van der Waals surface area (Å²) in [6.07, 6.45) is 2.28. The van der Waals surface area contributed by atoms with E-state index in [2.05, 4.69) is 15.4 Å². The van der Waals surface area contributed by atoms with Gasteiger partial charge in [0.15, 0.2) is 0 Å². The Morgan fingerprint density at radius 3 is 2.56 bits per heavy atom. The normalized spacial score (nSPS) is 18.8. The van der Waals surface area contributed by atoms with E-state index in [9.17, 15) is 26.6 Å². The van der Waals surface area contributed by atoms with Gasteiger partial charge < -0.3 is 5.32 Å². The van der Waals surface area contributed by atoms with Crippen molar-refractivity contribution in [2.24, 2.45) is 5.92 Å². The molecule has 1 fully saturated rings. The highest BCUT2D eigenvalue weighted by Crippen LogP contribution is 2.37. The van der Waals surface area contributed by atoms with E-state index in [0.717, 1.165) is 0 Å². The summed E-state index contributed by atoms with van der Waals surface area (Å²) < 4.78 is 75.9. The number of rotatable bonds is 6. The first kappa shape index (κ1) is 24.1. The standard InChI is InChI=1S/C20H25F4N5O2S/c1-12-16(18(30)27-14-6-9-26-15(10-14)32(3,25)31)29(28-17(12)19(2,21)22)11-13-4-7-20(23,24)8-5-13/h6,9-10,13,25H,4-5,7-8,11H2,1-3H3,(H,26,27,30)/t32-/m0/s1. The summed E-state index contributed by atoms with van der Waals surface area (Å²) in [5.74, 6) is -6.98. The highest BCUT2D eigenvalue weighted by Gasteiger charge is 2.37. The largest absolute Gasteiger partial charge is 0.321 e. The van der Waals surface area contributed by atoms with Crippen LogP contribution in [-0.2, 0) is 22.2 Å². The highest BCUT2D eigenvalue weighted by molar-refractivity contribution is 7.91. The van der Waals surface area contributed by atoms with Gasteiger partial charge in [0.25, 0.3) is 11.8 Å². The molecular formula is C20H25F4N5O2S. The summed E-state index contributed by atoms with van der Waals surface area (Å²) in [7, 11) is -3.13. The van der Waals surface area contributed by atoms with E-state index in [4.69, 9.17) is 4.78 Å². The number of nitrogens with zero attached hydrogens (tertiary/aromatic N) is 3. The van der Waals surface area contributed by atoms with E-state index >= 15 is 0 Å². The minimum absolute atomic E-state index is 0.00908. The van der Waals surface area contributed by atoms with Crippen LogP contribution in [0.1, 0.15) is 54.4 Å². The molecule has 1 atom stereocenters. The van der Waals surface area contributed by atoms with Crippen LogP contribution in [-0.4, -0.2) is 37.1 Å². The van der Waals surface area contributed by atoms with Crippen LogP contribution in [0.2, 0.25) is 0 Å². The molecule has 1 aliphatic carbocycles. The topological polar surface area (TPSA) is 101 Å². The Morgan fingerprint density at radius 1 is 1.38 bits per heavy atom. The van der Waals surface area contributed by atoms with Crippen molar-refractivity contribution in [3.8, 4) is 0 Å². The number of hydrogen-bond acceptors (Lipinski definition) is 5. The van der Waals surface area contributed by atoms with Crippen molar-refractivity contribution in [2.45, 2.75) is 62.9 Å². The molecule has 2 aromatic heterocycles. The van der Waals surface area contributed by atoms with Gasteiger partial charge in [-0.2, -0.15) is 13.9 Å². The quantitative estimate of drug-likeness (QED) is 0.586. The lowest BCUT2D eigenvalue weighted by Crippen LogP contribution is -2.28. The Bertz CT molecular complexity index is 1120. The van der Waals surface area contributed by atoms with E-state index in [0.29, 0.717) is 6.92 Å². The minimum atomic E-state index is -3.30. The summed E-state index contributed by atoms with van der Waals surface area (Å²) in [5.41, 5.74) is -0.469. The van der Waals surface area contributed by atoms with Gasteiger partial charge in [-0.05, 0) is 37.8 Å². The Kier molecular flexibility index (Phi) is 6.38. The molecule has 0 radical (unpaired) electrons. The average Bonchev–Trinajstić information content (AvgIpc) is 2.99. The Labute approximate surface area is 183 Å². The number of aromatic nitrogens is 3. The first-order valence-electron chi connectivity index (χ1n) is 10.0. The van der Waals surface area contributed by atoms with Gasteiger partial charge in [-0.3, -0.25) is 9.48 Å². The fourth-order valence-corrected chi connectivity index (χ4v) is 4.42. The molecule has 0 saturated heterocycles. The molecule has 2 N–H and O–H groups in total. The fourth-order valence-electron chi connectivity index (χ4n) is 3.81. The van der Waals surface area contributed by atoms with Gasteiger partial charge in [0, 0.05) is 50.0 Å². The highest BCUT2D eigenvalue weighted by atomic mass is 32.2. The minimum Gasteiger partial charge on any atom is -0.321 e. The molecular weight excluding hydrogens is 450 g/mol. The van der Waals surface area contributed by atoms with Crippen LogP contribution in [0.4, 0.5) is 23.2 Å². The summed E-state index contributed by atoms with van der Waals surface area (Å²) in [6.45, 7) is 2.10. The molecule has 0 unspecified atom stereocenters. The second-order valence-corrected chi connectivity index (χ2v) is 10.5. The van der Waals surface area contributed by atoms with Gasteiger partial charge in [-0.1, -0.05) is 0 Å². The van der Waals surface area contributed by atoms with Gasteiger partial charge in [-0.25, -0.2) is 22.8 Å². The zero-order chi connectivity index (χ0) is 23.9. The Morgan fingerprint density at radius 2 is 2.00 bits per heavy atom. The number of hydrogen-bond donors (Lipinski definition) is 2. The monoisotopic (exact) mass is 475 g/mol. The molecule has 0 bridgehead atoms. The maximum Gasteiger partial charge on any atom is 0.289 e. The summed E-state index contributed by atoms with van der Waals surface area (Å²) in [6, 6.07) is 2.70. The van der Waals surface area contributed by atoms with Crippen molar-refractivity contribution in [3.63, 3.8) is 0 Å². The number of alkyl halides is 4. The number of nitrogens with one attached hydrogen (secondary N) is 2. The van der Waals surface area contributed by atoms with Crippen LogP contribution in [0.15, 0.2) is 23.4 Å². The van der Waals surface area contributed by atoms with Crippen molar-refractivity contribution >= 4 is 21.3 Å². The van der Waals surface area contributed by atoms with Gasteiger partial charge in [0.1, 0.15) is 16.4 Å². The molecule has 0 spiro atoms. The zero-order valence-electron chi connectivity index (χ0n) is 17.9. The van der Waals surface area contributed by atoms with Crippen molar-refractivity contribution in [2.75, 3.05) is 11.6 Å². The van der Waals surface area contributed by atoms with Crippen LogP contribution >= 0.6 is 0 Å². The molecule has 0 aliphatic heterocycles. The summed E-state index contributed by atoms with van der Waals surface area (Å²) >= 11 is 0. The predicted molar refractivity (Wildman–Crippen MR) is 111 cm³/mol. The van der Waals surface area contributed by atoms with E-state index < -0.39 is 33.2 Å². The van der Waals surface area contributed by atoms with Crippen LogP contribution in [0.25, 0.3) is 0 Å². The first-order chi connectivity index (χ1) is 14.7. The first-order valence-corrected chi connectivity index (χ1v) is 12.0. The summed E-state index contributed by atoms with van der Waals surface area (Å²) in [5, 5.41) is 6.48. The van der Waals surface area contributed by atoms with Gasteiger partial charge >= 0.3 is 0 Å². The number of amides is 1. The van der Waals surface area contributed by atoms with Crippen molar-refractivity contribution in [1.29, 1.82) is 4.78 Å². The third kappa shape index (κ3) is 5.45. The van der Waals surface area contributed by atoms with Crippen LogP contribution < -0.4 is 5.32 Å². The number of halogens is 4. The average molecular weight is 476 g/mol. The molecule has 32 heavy (non-hydrogen) atoms. The van der Waals surface area contributed by atoms with Gasteiger partial charge in [0.05, 0.1) is 9.73 Å². The third-order valence-electron chi connectivity index (χ3n) is 5.48. The number of carbonyl (C=O) groups is 1. The van der Waals surface area contributed by atoms with E-state index in [1.54, 1.807) is 0 Å². The Hall–Kier alpha value is -2.50. The molecule has 1 amide bonds. The predicted octanol–water partition coefficient (Wildman–Crippen LogP) is 4.81. The SMILES string of the molecule is Cc1c(C(C)(F)F)nn(CC2CCC(F)(F)CC2)c1C(=O)Nc1ccnc([S@@](C)(=N)=O)c1. The van der Waals surface area contributed by atoms with Crippen molar-refractivity contribution in [1.82, 2.24) is 14.8 Å². The number of anilines is 1. The fraction of sp³-hybridized carbons (Fsp3) is 0.550. The van der Waals surface area contributed by atoms with Crippen LogP contribution in [0, 0.1) is 17.6 Å². The molecule has 1 saturated carbocycles. The van der Waals surface area contributed by atoms with Crippen molar-refractivity contribution < 1.29 is 26.6 Å². The summed E-state index contributed by atoms with van der Waals surface area (Å²) in [4.78, 5) is 16.9. The van der Waals surface area contributed by atoms with Crippen LogP contribution in [0.5, 0.6) is 0 Å². The van der Waals surface area contributed by atoms with Gasteiger partial charge in [0.2, 0.25) is 5.92 Å². The smallest absolute Gasteiger partial charge is 0.289 e. The number of carbonyl (C=O) groups excluding carboxylic acids is 1. The lowest BCUT2D eigenvalue weighted by Gasteiger charge is -2.28. The molecule has 2 aromatic rings. The maximum atomic E-state index is 14.1.